The number of allylic oxidation sites excluding steroid dienone is 2. The molecule has 140 valence electrons. The number of Topliss-reactive ketones (excluding diaryl/α,β-unsaturated/α-hetero) is 1. The standard InChI is InChI=1S/C22H28O4/c1-15(2)18-13-22(19(23)14-25-21(3,4)26-20(22)24)12-8-11-17(18)16-9-6-5-7-10-16/h5-11,15,17-18H,12-14H2,1-4H3/t17-,18-,22?/m0/s1. The maximum absolute atomic E-state index is 13.0. The summed E-state index contributed by atoms with van der Waals surface area (Å²) in [5.74, 6) is -1.04. The number of cyclic esters (lactones) is 1. The molecule has 4 heteroatoms. The van der Waals surface area contributed by atoms with E-state index >= 15 is 0 Å². The van der Waals surface area contributed by atoms with Crippen molar-refractivity contribution in [3.8, 4) is 0 Å². The van der Waals surface area contributed by atoms with Crippen LogP contribution >= 0.6 is 0 Å². The van der Waals surface area contributed by atoms with E-state index in [0.29, 0.717) is 18.8 Å². The first-order valence-corrected chi connectivity index (χ1v) is 9.37. The predicted octanol–water partition coefficient (Wildman–Crippen LogP) is 4.26. The van der Waals surface area contributed by atoms with E-state index in [-0.39, 0.29) is 24.2 Å². The van der Waals surface area contributed by atoms with Crippen molar-refractivity contribution in [2.45, 2.75) is 52.2 Å². The van der Waals surface area contributed by atoms with Crippen LogP contribution in [0.25, 0.3) is 0 Å². The molecule has 1 heterocycles. The molecule has 0 aromatic heterocycles. The van der Waals surface area contributed by atoms with Gasteiger partial charge in [0.1, 0.15) is 12.0 Å². The topological polar surface area (TPSA) is 52.6 Å². The van der Waals surface area contributed by atoms with Gasteiger partial charge in [-0.2, -0.15) is 0 Å². The van der Waals surface area contributed by atoms with Crippen LogP contribution in [0.5, 0.6) is 0 Å². The van der Waals surface area contributed by atoms with Crippen molar-refractivity contribution >= 4 is 11.8 Å². The average Bonchev–Trinajstić information content (AvgIpc) is 2.85. The molecule has 26 heavy (non-hydrogen) atoms. The molecule has 0 saturated carbocycles. The normalized spacial score (nSPS) is 31.6. The summed E-state index contributed by atoms with van der Waals surface area (Å²) in [5, 5.41) is 0. The molecule has 1 saturated heterocycles. The average molecular weight is 356 g/mol. The third-order valence-electron chi connectivity index (χ3n) is 5.71. The van der Waals surface area contributed by atoms with Gasteiger partial charge in [-0.25, -0.2) is 0 Å². The van der Waals surface area contributed by atoms with E-state index in [4.69, 9.17) is 9.47 Å². The van der Waals surface area contributed by atoms with E-state index in [1.54, 1.807) is 13.8 Å². The quantitative estimate of drug-likeness (QED) is 0.451. The van der Waals surface area contributed by atoms with E-state index in [1.807, 2.05) is 24.3 Å². The molecule has 1 aliphatic heterocycles. The summed E-state index contributed by atoms with van der Waals surface area (Å²) < 4.78 is 11.1. The van der Waals surface area contributed by atoms with Crippen LogP contribution in [0.1, 0.15) is 52.0 Å². The van der Waals surface area contributed by atoms with Crippen LogP contribution in [-0.2, 0) is 19.1 Å². The highest BCUT2D eigenvalue weighted by atomic mass is 16.7. The molecule has 1 aliphatic carbocycles. The zero-order valence-electron chi connectivity index (χ0n) is 16.0. The fourth-order valence-electron chi connectivity index (χ4n) is 4.09. The number of ether oxygens (including phenoxy) is 2. The number of rotatable bonds is 2. The monoisotopic (exact) mass is 356 g/mol. The molecule has 4 nitrogen and oxygen atoms in total. The molecule has 0 amide bonds. The predicted molar refractivity (Wildman–Crippen MR) is 99.4 cm³/mol. The van der Waals surface area contributed by atoms with Crippen molar-refractivity contribution in [2.75, 3.05) is 6.61 Å². The molecule has 2 aliphatic rings. The van der Waals surface area contributed by atoms with Crippen LogP contribution in [0.3, 0.4) is 0 Å². The third-order valence-corrected chi connectivity index (χ3v) is 5.71. The zero-order chi connectivity index (χ0) is 18.9. The van der Waals surface area contributed by atoms with Gasteiger partial charge in [-0.3, -0.25) is 9.59 Å². The summed E-state index contributed by atoms with van der Waals surface area (Å²) >= 11 is 0. The lowest BCUT2D eigenvalue weighted by Crippen LogP contribution is -2.43. The van der Waals surface area contributed by atoms with Crippen molar-refractivity contribution in [1.82, 2.24) is 0 Å². The Hall–Kier alpha value is -1.94. The number of benzene rings is 1. The Morgan fingerprint density at radius 2 is 1.81 bits per heavy atom. The lowest BCUT2D eigenvalue weighted by atomic mass is 9.68. The van der Waals surface area contributed by atoms with Crippen LogP contribution in [0, 0.1) is 17.3 Å². The van der Waals surface area contributed by atoms with Crippen LogP contribution in [-0.4, -0.2) is 24.1 Å². The first-order chi connectivity index (χ1) is 12.3. The van der Waals surface area contributed by atoms with Crippen molar-refractivity contribution < 1.29 is 19.1 Å². The fourth-order valence-corrected chi connectivity index (χ4v) is 4.09. The summed E-state index contributed by atoms with van der Waals surface area (Å²) in [6.07, 6.45) is 4.99. The van der Waals surface area contributed by atoms with Gasteiger partial charge in [-0.05, 0) is 30.2 Å². The molecular weight excluding hydrogens is 328 g/mol. The summed E-state index contributed by atoms with van der Waals surface area (Å²) in [4.78, 5) is 26.0. The van der Waals surface area contributed by atoms with Crippen molar-refractivity contribution in [1.29, 1.82) is 0 Å². The lowest BCUT2D eigenvalue weighted by Gasteiger charge is -2.34. The van der Waals surface area contributed by atoms with Crippen LogP contribution in [0.15, 0.2) is 42.5 Å². The highest BCUT2D eigenvalue weighted by Gasteiger charge is 2.53. The van der Waals surface area contributed by atoms with Gasteiger partial charge in [0.25, 0.3) is 0 Å². The van der Waals surface area contributed by atoms with Gasteiger partial charge in [0.15, 0.2) is 5.78 Å². The number of hydrogen-bond donors (Lipinski definition) is 0. The number of ketones is 1. The number of carbonyl (C=O) groups is 2. The molecule has 3 rings (SSSR count). The minimum atomic E-state index is -1.15. The minimum absolute atomic E-state index is 0.0899. The molecular formula is C22H28O4. The molecule has 1 aromatic carbocycles. The molecule has 1 aromatic rings. The molecule has 3 atom stereocenters. The second-order valence-corrected chi connectivity index (χ2v) is 8.26. The van der Waals surface area contributed by atoms with Crippen molar-refractivity contribution in [3.63, 3.8) is 0 Å². The second-order valence-electron chi connectivity index (χ2n) is 8.26. The Morgan fingerprint density at radius 3 is 2.46 bits per heavy atom. The first kappa shape index (κ1) is 18.8. The maximum atomic E-state index is 13.0. The first-order valence-electron chi connectivity index (χ1n) is 9.37. The second kappa shape index (κ2) is 6.99. The third kappa shape index (κ3) is 3.48. The highest BCUT2D eigenvalue weighted by Crippen LogP contribution is 2.47. The van der Waals surface area contributed by atoms with Gasteiger partial charge in [0, 0.05) is 19.8 Å². The van der Waals surface area contributed by atoms with Crippen LogP contribution in [0.4, 0.5) is 0 Å². The van der Waals surface area contributed by atoms with E-state index in [0.717, 1.165) is 0 Å². The number of carbonyl (C=O) groups excluding carboxylic acids is 2. The summed E-state index contributed by atoms with van der Waals surface area (Å²) in [6.45, 7) is 7.57. The summed E-state index contributed by atoms with van der Waals surface area (Å²) in [7, 11) is 0. The Morgan fingerprint density at radius 1 is 1.12 bits per heavy atom. The van der Waals surface area contributed by atoms with Crippen molar-refractivity contribution in [3.05, 3.63) is 48.0 Å². The summed E-state index contributed by atoms with van der Waals surface area (Å²) in [5.41, 5.74) is 0.0634. The van der Waals surface area contributed by atoms with Crippen molar-refractivity contribution in [2.24, 2.45) is 17.3 Å². The Kier molecular flexibility index (Phi) is 5.07. The SMILES string of the molecule is CC(C)[C@@H]1CC2(CC=C[C@H]1c1ccccc1)C(=O)COC(C)(C)OC2=O. The lowest BCUT2D eigenvalue weighted by molar-refractivity contribution is -0.210. The van der Waals surface area contributed by atoms with Gasteiger partial charge in [0.2, 0.25) is 5.79 Å². The van der Waals surface area contributed by atoms with E-state index in [9.17, 15) is 9.59 Å². The molecule has 0 bridgehead atoms. The number of hydrogen-bond acceptors (Lipinski definition) is 4. The Labute approximate surface area is 155 Å². The van der Waals surface area contributed by atoms with Crippen LogP contribution < -0.4 is 0 Å². The van der Waals surface area contributed by atoms with Gasteiger partial charge >= 0.3 is 5.97 Å². The van der Waals surface area contributed by atoms with E-state index < -0.39 is 17.2 Å². The van der Waals surface area contributed by atoms with E-state index in [1.165, 1.54) is 5.56 Å². The summed E-state index contributed by atoms with van der Waals surface area (Å²) in [6, 6.07) is 10.3. The molecule has 0 N–H and O–H groups in total. The molecule has 1 fully saturated rings. The van der Waals surface area contributed by atoms with E-state index in [2.05, 4.69) is 32.1 Å². The number of esters is 1. The van der Waals surface area contributed by atoms with Gasteiger partial charge in [-0.1, -0.05) is 56.3 Å². The zero-order valence-corrected chi connectivity index (χ0v) is 16.0. The Balaban J connectivity index is 2.00. The smallest absolute Gasteiger partial charge is 0.322 e. The molecule has 1 unspecified atom stereocenters. The van der Waals surface area contributed by atoms with Gasteiger partial charge in [0.05, 0.1) is 0 Å². The highest BCUT2D eigenvalue weighted by molar-refractivity contribution is 6.05. The van der Waals surface area contributed by atoms with Gasteiger partial charge in [-0.15, -0.1) is 0 Å². The molecule has 1 spiro atoms. The van der Waals surface area contributed by atoms with Crippen LogP contribution in [0.2, 0.25) is 0 Å². The largest absolute Gasteiger partial charge is 0.433 e. The molecule has 0 radical (unpaired) electrons. The van der Waals surface area contributed by atoms with Gasteiger partial charge < -0.3 is 9.47 Å². The minimum Gasteiger partial charge on any atom is -0.433 e. The maximum Gasteiger partial charge on any atom is 0.322 e. The Bertz CT molecular complexity index is 704. The fraction of sp³-hybridized carbons (Fsp3) is 0.545.